The molecule has 0 aliphatic heterocycles. The number of nitrogens with one attached hydrogen (secondary N) is 1. The van der Waals surface area contributed by atoms with Gasteiger partial charge in [-0.2, -0.15) is 0 Å². The minimum atomic E-state index is 0.0320. The molecule has 1 aliphatic rings. The second-order valence-corrected chi connectivity index (χ2v) is 5.36. The minimum Gasteiger partial charge on any atom is -0.493 e. The van der Waals surface area contributed by atoms with E-state index < -0.39 is 0 Å². The van der Waals surface area contributed by atoms with Crippen molar-refractivity contribution in [2.75, 3.05) is 6.61 Å². The van der Waals surface area contributed by atoms with E-state index in [1.165, 1.54) is 5.56 Å². The summed E-state index contributed by atoms with van der Waals surface area (Å²) in [6.45, 7) is 0.637. The van der Waals surface area contributed by atoms with Gasteiger partial charge in [-0.25, -0.2) is 0 Å². The molecule has 1 fully saturated rings. The van der Waals surface area contributed by atoms with Crippen molar-refractivity contribution >= 4 is 5.91 Å². The third-order valence-corrected chi connectivity index (χ3v) is 3.53. The predicted molar refractivity (Wildman–Crippen MR) is 82.6 cm³/mol. The molecule has 2 aromatic rings. The Bertz CT molecular complexity index is 588. The zero-order valence-electron chi connectivity index (χ0n) is 11.9. The first kappa shape index (κ1) is 13.7. The Morgan fingerprint density at radius 2 is 1.76 bits per heavy atom. The Balaban J connectivity index is 1.48. The highest BCUT2D eigenvalue weighted by molar-refractivity contribution is 5.94. The number of hydrogen-bond acceptors (Lipinski definition) is 2. The average molecular weight is 281 g/mol. The first-order valence-corrected chi connectivity index (χ1v) is 7.39. The third kappa shape index (κ3) is 4.09. The summed E-state index contributed by atoms with van der Waals surface area (Å²) in [5.41, 5.74) is 1.91. The fourth-order valence-electron chi connectivity index (χ4n) is 2.12. The number of para-hydroxylation sites is 1. The Hall–Kier alpha value is -2.29. The summed E-state index contributed by atoms with van der Waals surface area (Å²) in [5.74, 6) is 0.919. The van der Waals surface area contributed by atoms with Crippen LogP contribution in [0, 0.1) is 0 Å². The molecule has 3 heteroatoms. The lowest BCUT2D eigenvalue weighted by molar-refractivity contribution is 0.0951. The molecule has 0 aromatic heterocycles. The van der Waals surface area contributed by atoms with Crippen LogP contribution in [0.5, 0.6) is 5.75 Å². The maximum atomic E-state index is 11.9. The van der Waals surface area contributed by atoms with Gasteiger partial charge in [0.15, 0.2) is 0 Å². The van der Waals surface area contributed by atoms with Gasteiger partial charge in [0.1, 0.15) is 5.75 Å². The van der Waals surface area contributed by atoms with Crippen LogP contribution in [0.1, 0.15) is 28.8 Å². The molecule has 3 rings (SSSR count). The van der Waals surface area contributed by atoms with Gasteiger partial charge >= 0.3 is 0 Å². The summed E-state index contributed by atoms with van der Waals surface area (Å²) in [6.07, 6.45) is 3.06. The molecule has 108 valence electrons. The van der Waals surface area contributed by atoms with Gasteiger partial charge in [-0.15, -0.1) is 0 Å². The highest BCUT2D eigenvalue weighted by atomic mass is 16.5. The number of benzene rings is 2. The molecular formula is C18H19NO2. The summed E-state index contributed by atoms with van der Waals surface area (Å²) >= 11 is 0. The average Bonchev–Trinajstić information content (AvgIpc) is 3.33. The van der Waals surface area contributed by atoms with Crippen molar-refractivity contribution in [2.24, 2.45) is 0 Å². The number of hydrogen-bond donors (Lipinski definition) is 1. The van der Waals surface area contributed by atoms with Crippen molar-refractivity contribution in [3.63, 3.8) is 0 Å². The Kier molecular flexibility index (Phi) is 4.20. The molecule has 21 heavy (non-hydrogen) atoms. The normalized spacial score (nSPS) is 13.7. The molecule has 3 nitrogen and oxygen atoms in total. The number of carbonyl (C=O) groups excluding carboxylic acids is 1. The monoisotopic (exact) mass is 281 g/mol. The molecular weight excluding hydrogens is 262 g/mol. The molecule has 1 aliphatic carbocycles. The Morgan fingerprint density at radius 1 is 1.05 bits per heavy atom. The van der Waals surface area contributed by atoms with Gasteiger partial charge in [-0.3, -0.25) is 4.79 Å². The third-order valence-electron chi connectivity index (χ3n) is 3.53. The van der Waals surface area contributed by atoms with Gasteiger partial charge in [0.2, 0.25) is 0 Å². The van der Waals surface area contributed by atoms with Gasteiger partial charge in [0.05, 0.1) is 6.61 Å². The lowest BCUT2D eigenvalue weighted by atomic mass is 10.1. The second kappa shape index (κ2) is 6.44. The van der Waals surface area contributed by atoms with Crippen LogP contribution in [0.25, 0.3) is 0 Å². The van der Waals surface area contributed by atoms with E-state index >= 15 is 0 Å². The highest BCUT2D eigenvalue weighted by Gasteiger charge is 2.23. The summed E-state index contributed by atoms with van der Waals surface area (Å²) in [5, 5.41) is 2.99. The zero-order valence-corrected chi connectivity index (χ0v) is 11.9. The highest BCUT2D eigenvalue weighted by Crippen LogP contribution is 2.19. The van der Waals surface area contributed by atoms with Crippen molar-refractivity contribution in [1.82, 2.24) is 5.32 Å². The minimum absolute atomic E-state index is 0.0320. The van der Waals surface area contributed by atoms with Crippen molar-refractivity contribution in [3.8, 4) is 5.75 Å². The SMILES string of the molecule is O=C(NC1CC1)c1ccc(CCOc2ccccc2)cc1. The van der Waals surface area contributed by atoms with Crippen LogP contribution in [0.4, 0.5) is 0 Å². The van der Waals surface area contributed by atoms with Crippen molar-refractivity contribution in [1.29, 1.82) is 0 Å². The zero-order chi connectivity index (χ0) is 14.5. The number of amides is 1. The Labute approximate surface area is 124 Å². The molecule has 0 bridgehead atoms. The van der Waals surface area contributed by atoms with Gasteiger partial charge in [-0.1, -0.05) is 30.3 Å². The molecule has 2 aromatic carbocycles. The van der Waals surface area contributed by atoms with Crippen LogP contribution in [0.15, 0.2) is 54.6 Å². The lowest BCUT2D eigenvalue weighted by Gasteiger charge is -2.07. The second-order valence-electron chi connectivity index (χ2n) is 5.36. The van der Waals surface area contributed by atoms with Crippen LogP contribution < -0.4 is 10.1 Å². The van der Waals surface area contributed by atoms with E-state index in [0.29, 0.717) is 12.6 Å². The van der Waals surface area contributed by atoms with Crippen LogP contribution in [-0.2, 0) is 6.42 Å². The van der Waals surface area contributed by atoms with E-state index in [1.807, 2.05) is 54.6 Å². The van der Waals surface area contributed by atoms with Crippen molar-refractivity contribution in [2.45, 2.75) is 25.3 Å². The summed E-state index contributed by atoms with van der Waals surface area (Å²) in [4.78, 5) is 11.9. The van der Waals surface area contributed by atoms with E-state index in [2.05, 4.69) is 5.32 Å². The van der Waals surface area contributed by atoms with E-state index in [1.54, 1.807) is 0 Å². The standard InChI is InChI=1S/C18H19NO2/c20-18(19-16-10-11-16)15-8-6-14(7-9-15)12-13-21-17-4-2-1-3-5-17/h1-9,16H,10-13H2,(H,19,20). The molecule has 0 atom stereocenters. The topological polar surface area (TPSA) is 38.3 Å². The van der Waals surface area contributed by atoms with E-state index in [4.69, 9.17) is 4.74 Å². The van der Waals surface area contributed by atoms with Crippen molar-refractivity contribution < 1.29 is 9.53 Å². The van der Waals surface area contributed by atoms with Gasteiger partial charge < -0.3 is 10.1 Å². The number of rotatable bonds is 6. The maximum absolute atomic E-state index is 11.9. The van der Waals surface area contributed by atoms with Crippen LogP contribution in [-0.4, -0.2) is 18.6 Å². The molecule has 0 spiro atoms. The largest absolute Gasteiger partial charge is 0.493 e. The van der Waals surface area contributed by atoms with E-state index in [9.17, 15) is 4.79 Å². The molecule has 1 N–H and O–H groups in total. The molecule has 0 radical (unpaired) electrons. The van der Waals surface area contributed by atoms with Gasteiger partial charge in [0, 0.05) is 18.0 Å². The lowest BCUT2D eigenvalue weighted by Crippen LogP contribution is -2.25. The number of ether oxygens (including phenoxy) is 1. The molecule has 0 saturated heterocycles. The summed E-state index contributed by atoms with van der Waals surface area (Å²) in [6, 6.07) is 18.0. The molecule has 0 unspecified atom stereocenters. The summed E-state index contributed by atoms with van der Waals surface area (Å²) in [7, 11) is 0. The van der Waals surface area contributed by atoms with Crippen LogP contribution in [0.2, 0.25) is 0 Å². The fourth-order valence-corrected chi connectivity index (χ4v) is 2.12. The quantitative estimate of drug-likeness (QED) is 0.883. The molecule has 0 heterocycles. The molecule has 1 saturated carbocycles. The number of carbonyl (C=O) groups is 1. The predicted octanol–water partition coefficient (Wildman–Crippen LogP) is 3.20. The van der Waals surface area contributed by atoms with Crippen LogP contribution in [0.3, 0.4) is 0 Å². The smallest absolute Gasteiger partial charge is 0.251 e. The Morgan fingerprint density at radius 3 is 2.43 bits per heavy atom. The van der Waals surface area contributed by atoms with Crippen molar-refractivity contribution in [3.05, 3.63) is 65.7 Å². The fraction of sp³-hybridized carbons (Fsp3) is 0.278. The molecule has 1 amide bonds. The maximum Gasteiger partial charge on any atom is 0.251 e. The van der Waals surface area contributed by atoms with Gasteiger partial charge in [-0.05, 0) is 42.7 Å². The first-order chi connectivity index (χ1) is 10.3. The van der Waals surface area contributed by atoms with E-state index in [-0.39, 0.29) is 5.91 Å². The van der Waals surface area contributed by atoms with Gasteiger partial charge in [0.25, 0.3) is 5.91 Å². The van der Waals surface area contributed by atoms with E-state index in [0.717, 1.165) is 30.6 Å². The summed E-state index contributed by atoms with van der Waals surface area (Å²) < 4.78 is 5.67. The first-order valence-electron chi connectivity index (χ1n) is 7.39. The van der Waals surface area contributed by atoms with Crippen LogP contribution >= 0.6 is 0 Å².